The molecule has 2 heterocycles. The Bertz CT molecular complexity index is 879. The van der Waals surface area contributed by atoms with Crippen LogP contribution in [0.3, 0.4) is 0 Å². The lowest BCUT2D eigenvalue weighted by molar-refractivity contribution is 0.310. The van der Waals surface area contributed by atoms with E-state index < -0.39 is 0 Å². The van der Waals surface area contributed by atoms with Gasteiger partial charge in [-0.25, -0.2) is 4.98 Å². The second-order valence-corrected chi connectivity index (χ2v) is 7.13. The third kappa shape index (κ3) is 3.03. The van der Waals surface area contributed by atoms with Crippen LogP contribution in [0.5, 0.6) is 11.5 Å². The van der Waals surface area contributed by atoms with E-state index in [0.29, 0.717) is 41.5 Å². The largest absolute Gasteiger partial charge is 0.497 e. The van der Waals surface area contributed by atoms with E-state index >= 15 is 0 Å². The van der Waals surface area contributed by atoms with Crippen LogP contribution in [0.25, 0.3) is 0 Å². The predicted octanol–water partition coefficient (Wildman–Crippen LogP) is 3.80. The number of halogens is 1. The van der Waals surface area contributed by atoms with Gasteiger partial charge in [0.15, 0.2) is 0 Å². The summed E-state index contributed by atoms with van der Waals surface area (Å²) >= 11 is 6.29. The summed E-state index contributed by atoms with van der Waals surface area (Å²) in [6, 6.07) is 5.74. The quantitative estimate of drug-likeness (QED) is 0.795. The molecule has 1 aromatic carbocycles. The zero-order valence-electron chi connectivity index (χ0n) is 14.9. The van der Waals surface area contributed by atoms with Crippen LogP contribution >= 0.6 is 11.6 Å². The van der Waals surface area contributed by atoms with Crippen molar-refractivity contribution in [3.63, 3.8) is 0 Å². The Morgan fingerprint density at radius 3 is 2.92 bits per heavy atom. The average molecular weight is 376 g/mol. The molecule has 1 aliphatic heterocycles. The number of benzene rings is 1. The van der Waals surface area contributed by atoms with Gasteiger partial charge in [-0.1, -0.05) is 18.5 Å². The maximum Gasteiger partial charge on any atom is 0.294 e. The van der Waals surface area contributed by atoms with E-state index in [9.17, 15) is 4.79 Å². The third-order valence-electron chi connectivity index (χ3n) is 5.11. The molecule has 6 nitrogen and oxygen atoms in total. The molecule has 0 amide bonds. The van der Waals surface area contributed by atoms with E-state index in [2.05, 4.69) is 11.9 Å². The minimum atomic E-state index is -0.100. The Kier molecular flexibility index (Phi) is 4.53. The molecular formula is C19H22ClN3O3. The molecule has 26 heavy (non-hydrogen) atoms. The van der Waals surface area contributed by atoms with E-state index in [1.165, 1.54) is 12.8 Å². The molecule has 2 aromatic rings. The number of fused-ring (bicyclic) bond motifs is 1. The second-order valence-electron chi connectivity index (χ2n) is 6.75. The standard InChI is InChI=1S/C19H22ClN3O3/c1-3-14(12-4-5-12)23-11-17(20)21-18(19(23)24)22-8-9-26-16-10-13(25-2)6-7-15(16)22/h6-7,10-12,14H,3-5,8-9H2,1-2H3/t14-/m1/s1. The van der Waals surface area contributed by atoms with Crippen molar-refractivity contribution in [3.8, 4) is 11.5 Å². The number of nitrogens with zero attached hydrogens (tertiary/aromatic N) is 3. The first-order valence-corrected chi connectivity index (χ1v) is 9.37. The lowest BCUT2D eigenvalue weighted by Crippen LogP contribution is -2.37. The van der Waals surface area contributed by atoms with E-state index in [4.69, 9.17) is 21.1 Å². The molecule has 2 aliphatic rings. The van der Waals surface area contributed by atoms with Gasteiger partial charge in [-0.05, 0) is 37.3 Å². The fourth-order valence-electron chi connectivity index (χ4n) is 3.67. The molecule has 0 radical (unpaired) electrons. The number of anilines is 2. The zero-order valence-corrected chi connectivity index (χ0v) is 15.7. The molecule has 0 saturated heterocycles. The highest BCUT2D eigenvalue weighted by molar-refractivity contribution is 6.29. The maximum atomic E-state index is 13.2. The molecule has 0 bridgehead atoms. The van der Waals surface area contributed by atoms with Crippen LogP contribution in [-0.2, 0) is 0 Å². The van der Waals surface area contributed by atoms with Gasteiger partial charge in [-0.2, -0.15) is 0 Å². The molecule has 1 atom stereocenters. The van der Waals surface area contributed by atoms with E-state index in [0.717, 1.165) is 12.1 Å². The van der Waals surface area contributed by atoms with E-state index in [1.54, 1.807) is 17.9 Å². The summed E-state index contributed by atoms with van der Waals surface area (Å²) in [6.07, 6.45) is 4.91. The number of hydrogen-bond acceptors (Lipinski definition) is 5. The SMILES string of the molecule is CC[C@H](C1CC1)n1cc(Cl)nc(N2CCOc3cc(OC)ccc32)c1=O. The minimum Gasteiger partial charge on any atom is -0.497 e. The fraction of sp³-hybridized carbons (Fsp3) is 0.474. The van der Waals surface area contributed by atoms with Crippen LogP contribution in [-0.4, -0.2) is 29.8 Å². The number of aromatic nitrogens is 2. The summed E-state index contributed by atoms with van der Waals surface area (Å²) < 4.78 is 12.8. The van der Waals surface area contributed by atoms with Gasteiger partial charge in [0.05, 0.1) is 19.3 Å². The third-order valence-corrected chi connectivity index (χ3v) is 5.29. The molecule has 1 saturated carbocycles. The van der Waals surface area contributed by atoms with Crippen molar-refractivity contribution in [1.82, 2.24) is 9.55 Å². The number of methoxy groups -OCH3 is 1. The highest BCUT2D eigenvalue weighted by Crippen LogP contribution is 2.42. The summed E-state index contributed by atoms with van der Waals surface area (Å²) in [6.45, 7) is 3.12. The number of rotatable bonds is 5. The van der Waals surface area contributed by atoms with Gasteiger partial charge < -0.3 is 18.9 Å². The van der Waals surface area contributed by atoms with Crippen molar-refractivity contribution in [2.24, 2.45) is 5.92 Å². The lowest BCUT2D eigenvalue weighted by atomic mass is 10.1. The molecule has 0 unspecified atom stereocenters. The Morgan fingerprint density at radius 1 is 1.42 bits per heavy atom. The molecule has 1 aliphatic carbocycles. The van der Waals surface area contributed by atoms with Crippen molar-refractivity contribution in [2.45, 2.75) is 32.2 Å². The van der Waals surface area contributed by atoms with Crippen molar-refractivity contribution in [3.05, 3.63) is 39.9 Å². The van der Waals surface area contributed by atoms with E-state index in [-0.39, 0.29) is 11.6 Å². The molecule has 138 valence electrons. The van der Waals surface area contributed by atoms with Gasteiger partial charge >= 0.3 is 0 Å². The molecule has 4 rings (SSSR count). The Balaban J connectivity index is 1.80. The first kappa shape index (κ1) is 17.2. The first-order valence-electron chi connectivity index (χ1n) is 8.99. The first-order chi connectivity index (χ1) is 12.6. The minimum absolute atomic E-state index is 0.100. The van der Waals surface area contributed by atoms with Crippen LogP contribution in [0.2, 0.25) is 5.15 Å². The zero-order chi connectivity index (χ0) is 18.3. The van der Waals surface area contributed by atoms with Gasteiger partial charge in [0.25, 0.3) is 5.56 Å². The van der Waals surface area contributed by atoms with Crippen LogP contribution in [0.4, 0.5) is 11.5 Å². The molecule has 1 aromatic heterocycles. The average Bonchev–Trinajstić information content (AvgIpc) is 3.49. The smallest absolute Gasteiger partial charge is 0.294 e. The van der Waals surface area contributed by atoms with Gasteiger partial charge in [-0.3, -0.25) is 4.79 Å². The van der Waals surface area contributed by atoms with Gasteiger partial charge in [0.2, 0.25) is 5.82 Å². The molecule has 0 spiro atoms. The topological polar surface area (TPSA) is 56.6 Å². The fourth-order valence-corrected chi connectivity index (χ4v) is 3.86. The van der Waals surface area contributed by atoms with Crippen molar-refractivity contribution in [1.29, 1.82) is 0 Å². The lowest BCUT2D eigenvalue weighted by Gasteiger charge is -2.31. The van der Waals surface area contributed by atoms with Crippen LogP contribution in [0, 0.1) is 5.92 Å². The Hall–Kier alpha value is -2.21. The van der Waals surface area contributed by atoms with Gasteiger partial charge in [0, 0.05) is 18.3 Å². The number of hydrogen-bond donors (Lipinski definition) is 0. The van der Waals surface area contributed by atoms with Gasteiger partial charge in [-0.15, -0.1) is 0 Å². The predicted molar refractivity (Wildman–Crippen MR) is 101 cm³/mol. The summed E-state index contributed by atoms with van der Waals surface area (Å²) in [5.41, 5.74) is 0.701. The van der Waals surface area contributed by atoms with Crippen LogP contribution in [0.15, 0.2) is 29.2 Å². The Morgan fingerprint density at radius 2 is 2.23 bits per heavy atom. The summed E-state index contributed by atoms with van der Waals surface area (Å²) in [7, 11) is 1.61. The van der Waals surface area contributed by atoms with Crippen molar-refractivity contribution in [2.75, 3.05) is 25.2 Å². The summed E-state index contributed by atoms with van der Waals surface area (Å²) in [5.74, 6) is 2.30. The molecule has 0 N–H and O–H groups in total. The summed E-state index contributed by atoms with van der Waals surface area (Å²) in [5, 5.41) is 0.334. The highest BCUT2D eigenvalue weighted by atomic mass is 35.5. The molecule has 1 fully saturated rings. The van der Waals surface area contributed by atoms with E-state index in [1.807, 2.05) is 23.1 Å². The highest BCUT2D eigenvalue weighted by Gasteiger charge is 2.33. The molecule has 7 heteroatoms. The Labute approximate surface area is 157 Å². The maximum absolute atomic E-state index is 13.2. The van der Waals surface area contributed by atoms with Crippen LogP contribution in [0.1, 0.15) is 32.2 Å². The van der Waals surface area contributed by atoms with Crippen molar-refractivity contribution >= 4 is 23.1 Å². The van der Waals surface area contributed by atoms with Crippen molar-refractivity contribution < 1.29 is 9.47 Å². The monoisotopic (exact) mass is 375 g/mol. The second kappa shape index (κ2) is 6.83. The normalized spacial score (nSPS) is 17.4. The number of ether oxygens (including phenoxy) is 2. The molecular weight excluding hydrogens is 354 g/mol. The van der Waals surface area contributed by atoms with Gasteiger partial charge in [0.1, 0.15) is 23.3 Å². The van der Waals surface area contributed by atoms with Crippen LogP contribution < -0.4 is 19.9 Å². The summed E-state index contributed by atoms with van der Waals surface area (Å²) in [4.78, 5) is 19.5.